The number of benzene rings is 2. The van der Waals surface area contributed by atoms with Gasteiger partial charge in [0.2, 0.25) is 11.8 Å². The van der Waals surface area contributed by atoms with Gasteiger partial charge in [-0.15, -0.1) is 0 Å². The fourth-order valence-electron chi connectivity index (χ4n) is 2.84. The van der Waals surface area contributed by atoms with E-state index in [2.05, 4.69) is 16.0 Å². The SMILES string of the molecule is CNC(C(=O)NCC(=O)Nc1ccc(COC(=O)Oc2ccc([N+](=O)[O-])cc2)cc1)C(C)C. The molecule has 0 spiro atoms. The molecule has 3 N–H and O–H groups in total. The normalized spacial score (nSPS) is 11.4. The van der Waals surface area contributed by atoms with E-state index in [1.807, 2.05) is 13.8 Å². The summed E-state index contributed by atoms with van der Waals surface area (Å²) in [5, 5.41) is 18.8. The minimum atomic E-state index is -0.960. The van der Waals surface area contributed by atoms with E-state index in [0.717, 1.165) is 0 Å². The molecule has 0 aliphatic carbocycles. The molecule has 11 nitrogen and oxygen atoms in total. The van der Waals surface area contributed by atoms with Crippen molar-refractivity contribution in [3.8, 4) is 5.75 Å². The van der Waals surface area contributed by atoms with E-state index in [9.17, 15) is 24.5 Å². The molecule has 11 heteroatoms. The first-order valence-electron chi connectivity index (χ1n) is 10.1. The molecule has 1 unspecified atom stereocenters. The Morgan fingerprint density at radius 3 is 2.21 bits per heavy atom. The van der Waals surface area contributed by atoms with E-state index in [-0.39, 0.29) is 48.4 Å². The van der Waals surface area contributed by atoms with Gasteiger partial charge < -0.3 is 25.4 Å². The molecule has 0 radical (unpaired) electrons. The van der Waals surface area contributed by atoms with Crippen LogP contribution in [0.1, 0.15) is 19.4 Å². The standard InChI is InChI=1S/C22H26N4O7/c1-14(2)20(23-3)21(28)24-12-19(27)25-16-6-4-15(5-7-16)13-32-22(29)33-18-10-8-17(9-11-18)26(30)31/h4-11,14,20,23H,12-13H2,1-3H3,(H,24,28)(H,25,27). The van der Waals surface area contributed by atoms with Crippen molar-refractivity contribution >= 4 is 29.3 Å². The Morgan fingerprint density at radius 1 is 1.03 bits per heavy atom. The predicted molar refractivity (Wildman–Crippen MR) is 120 cm³/mol. The van der Waals surface area contributed by atoms with Crippen LogP contribution in [0, 0.1) is 16.0 Å². The number of hydrogen-bond acceptors (Lipinski definition) is 8. The van der Waals surface area contributed by atoms with Crippen LogP contribution in [0.15, 0.2) is 48.5 Å². The van der Waals surface area contributed by atoms with Crippen LogP contribution in [0.3, 0.4) is 0 Å². The number of non-ortho nitro benzene ring substituents is 1. The van der Waals surface area contributed by atoms with Crippen molar-refractivity contribution in [3.05, 3.63) is 64.2 Å². The molecule has 33 heavy (non-hydrogen) atoms. The van der Waals surface area contributed by atoms with Gasteiger partial charge in [0.1, 0.15) is 12.4 Å². The summed E-state index contributed by atoms with van der Waals surface area (Å²) in [6.07, 6.45) is -0.960. The molecule has 0 aliphatic heterocycles. The molecule has 1 atom stereocenters. The number of anilines is 1. The number of nitro benzene ring substituents is 1. The molecule has 0 fully saturated rings. The number of carbonyl (C=O) groups is 3. The molecule has 2 aromatic rings. The highest BCUT2D eigenvalue weighted by molar-refractivity contribution is 5.95. The topological polar surface area (TPSA) is 149 Å². The maximum absolute atomic E-state index is 12.1. The molecule has 0 heterocycles. The lowest BCUT2D eigenvalue weighted by Crippen LogP contribution is -2.47. The first kappa shape index (κ1) is 25.3. The quantitative estimate of drug-likeness (QED) is 0.213. The average molecular weight is 458 g/mol. The predicted octanol–water partition coefficient (Wildman–Crippen LogP) is 2.61. The molecule has 2 aromatic carbocycles. The van der Waals surface area contributed by atoms with Gasteiger partial charge in [0.05, 0.1) is 17.5 Å². The highest BCUT2D eigenvalue weighted by atomic mass is 16.7. The first-order valence-corrected chi connectivity index (χ1v) is 10.1. The monoisotopic (exact) mass is 458 g/mol. The molecule has 0 aromatic heterocycles. The van der Waals surface area contributed by atoms with Crippen molar-refractivity contribution in [3.63, 3.8) is 0 Å². The largest absolute Gasteiger partial charge is 0.514 e. The van der Waals surface area contributed by atoms with Crippen LogP contribution in [-0.2, 0) is 20.9 Å². The number of nitrogens with one attached hydrogen (secondary N) is 3. The van der Waals surface area contributed by atoms with Crippen molar-refractivity contribution in [2.75, 3.05) is 18.9 Å². The van der Waals surface area contributed by atoms with Crippen molar-refractivity contribution in [2.45, 2.75) is 26.5 Å². The van der Waals surface area contributed by atoms with Crippen LogP contribution >= 0.6 is 0 Å². The van der Waals surface area contributed by atoms with Crippen LogP contribution in [0.25, 0.3) is 0 Å². The Labute approximate surface area is 190 Å². The van der Waals surface area contributed by atoms with Crippen molar-refractivity contribution in [1.82, 2.24) is 10.6 Å². The van der Waals surface area contributed by atoms with Gasteiger partial charge in [0, 0.05) is 17.8 Å². The first-order chi connectivity index (χ1) is 15.7. The third-order valence-corrected chi connectivity index (χ3v) is 4.53. The van der Waals surface area contributed by atoms with Crippen LogP contribution in [0.2, 0.25) is 0 Å². The van der Waals surface area contributed by atoms with Gasteiger partial charge in [-0.3, -0.25) is 19.7 Å². The lowest BCUT2D eigenvalue weighted by atomic mass is 10.0. The summed E-state index contributed by atoms with van der Waals surface area (Å²) in [5.74, 6) is -0.433. The van der Waals surface area contributed by atoms with Gasteiger partial charge >= 0.3 is 6.16 Å². The molecule has 2 rings (SSSR count). The van der Waals surface area contributed by atoms with Crippen molar-refractivity contribution in [2.24, 2.45) is 5.92 Å². The van der Waals surface area contributed by atoms with Gasteiger partial charge in [-0.2, -0.15) is 0 Å². The summed E-state index contributed by atoms with van der Waals surface area (Å²) in [5.41, 5.74) is 1.04. The van der Waals surface area contributed by atoms with Crippen molar-refractivity contribution < 1.29 is 28.8 Å². The summed E-state index contributed by atoms with van der Waals surface area (Å²) >= 11 is 0. The summed E-state index contributed by atoms with van der Waals surface area (Å²) in [7, 11) is 1.69. The zero-order valence-electron chi connectivity index (χ0n) is 18.5. The Hall–Kier alpha value is -3.99. The number of nitro groups is 1. The fraction of sp³-hybridized carbons (Fsp3) is 0.318. The minimum Gasteiger partial charge on any atom is -0.429 e. The molecule has 0 saturated heterocycles. The van der Waals surface area contributed by atoms with Gasteiger partial charge in [-0.25, -0.2) is 4.79 Å². The number of hydrogen-bond donors (Lipinski definition) is 3. The highest BCUT2D eigenvalue weighted by Crippen LogP contribution is 2.18. The molecular weight excluding hydrogens is 432 g/mol. The highest BCUT2D eigenvalue weighted by Gasteiger charge is 2.20. The van der Waals surface area contributed by atoms with E-state index in [1.54, 1.807) is 31.3 Å². The van der Waals surface area contributed by atoms with Crippen molar-refractivity contribution in [1.29, 1.82) is 0 Å². The Bertz CT molecular complexity index is 975. The van der Waals surface area contributed by atoms with Gasteiger partial charge in [-0.1, -0.05) is 26.0 Å². The lowest BCUT2D eigenvalue weighted by Gasteiger charge is -2.19. The van der Waals surface area contributed by atoms with Crippen LogP contribution < -0.4 is 20.7 Å². The molecule has 2 amide bonds. The minimum absolute atomic E-state index is 0.0727. The number of rotatable bonds is 10. The zero-order valence-corrected chi connectivity index (χ0v) is 18.5. The second kappa shape index (κ2) is 12.2. The van der Waals surface area contributed by atoms with Crippen LogP contribution in [0.4, 0.5) is 16.2 Å². The smallest absolute Gasteiger partial charge is 0.429 e. The Kier molecular flexibility index (Phi) is 9.30. The van der Waals surface area contributed by atoms with E-state index in [4.69, 9.17) is 9.47 Å². The summed E-state index contributed by atoms with van der Waals surface area (Å²) < 4.78 is 9.97. The van der Waals surface area contributed by atoms with Gasteiger partial charge in [0.25, 0.3) is 5.69 Å². The maximum atomic E-state index is 12.1. The number of ether oxygens (including phenoxy) is 2. The zero-order chi connectivity index (χ0) is 24.4. The summed E-state index contributed by atoms with van der Waals surface area (Å²) in [4.78, 5) is 46.0. The van der Waals surface area contributed by atoms with Gasteiger partial charge in [0.15, 0.2) is 0 Å². The number of nitrogens with zero attached hydrogens (tertiary/aromatic N) is 1. The Morgan fingerprint density at radius 2 is 1.67 bits per heavy atom. The fourth-order valence-corrected chi connectivity index (χ4v) is 2.84. The molecule has 0 aliphatic rings. The molecule has 0 saturated carbocycles. The maximum Gasteiger partial charge on any atom is 0.514 e. The average Bonchev–Trinajstić information content (AvgIpc) is 2.78. The van der Waals surface area contributed by atoms with E-state index in [1.165, 1.54) is 24.3 Å². The lowest BCUT2D eigenvalue weighted by molar-refractivity contribution is -0.384. The number of likely N-dealkylation sites (N-methyl/N-ethyl adjacent to an activating group) is 1. The number of carbonyl (C=O) groups excluding carboxylic acids is 3. The third kappa shape index (κ3) is 8.22. The van der Waals surface area contributed by atoms with Crippen LogP contribution in [0.5, 0.6) is 5.75 Å². The van der Waals surface area contributed by atoms with Gasteiger partial charge in [-0.05, 0) is 42.8 Å². The number of amides is 2. The summed E-state index contributed by atoms with van der Waals surface area (Å²) in [6.45, 7) is 3.57. The Balaban J connectivity index is 1.76. The molecular formula is C22H26N4O7. The third-order valence-electron chi connectivity index (χ3n) is 4.53. The molecule has 0 bridgehead atoms. The van der Waals surface area contributed by atoms with Crippen LogP contribution in [-0.4, -0.2) is 42.5 Å². The molecule has 176 valence electrons. The second-order valence-electron chi connectivity index (χ2n) is 7.37. The van der Waals surface area contributed by atoms with E-state index < -0.39 is 11.1 Å². The second-order valence-corrected chi connectivity index (χ2v) is 7.37. The van der Waals surface area contributed by atoms with E-state index in [0.29, 0.717) is 11.3 Å². The summed E-state index contributed by atoms with van der Waals surface area (Å²) in [6, 6.07) is 11.2. The van der Waals surface area contributed by atoms with E-state index >= 15 is 0 Å².